The molecule has 2 aromatic carbocycles. The number of methoxy groups -OCH3 is 1. The number of aliphatic hydroxyl groups excluding tert-OH is 1. The molecule has 9 heteroatoms. The lowest BCUT2D eigenvalue weighted by atomic mass is 9.81. The number of imidazole rings is 1. The number of ether oxygens (including phenoxy) is 1. The van der Waals surface area contributed by atoms with Gasteiger partial charge in [-0.05, 0) is 30.4 Å². The van der Waals surface area contributed by atoms with E-state index < -0.39 is 5.82 Å². The number of rotatable bonds is 7. The third-order valence-corrected chi connectivity index (χ3v) is 8.01. The molecule has 0 atom stereocenters. The van der Waals surface area contributed by atoms with Crippen molar-refractivity contribution in [2.24, 2.45) is 13.0 Å². The number of hydrogen-bond donors (Lipinski definition) is 2. The Hall–Kier alpha value is -3.82. The van der Waals surface area contributed by atoms with E-state index in [1.165, 1.54) is 18.4 Å². The van der Waals surface area contributed by atoms with Crippen molar-refractivity contribution < 1.29 is 14.2 Å². The Labute approximate surface area is 217 Å². The van der Waals surface area contributed by atoms with Gasteiger partial charge in [0.2, 0.25) is 0 Å². The molecule has 1 saturated carbocycles. The predicted octanol–water partition coefficient (Wildman–Crippen LogP) is 5.76. The van der Waals surface area contributed by atoms with Gasteiger partial charge in [-0.1, -0.05) is 42.5 Å². The largest absolute Gasteiger partial charge is 0.494 e. The third kappa shape index (κ3) is 4.14. The van der Waals surface area contributed by atoms with Crippen LogP contribution in [0, 0.1) is 11.7 Å². The summed E-state index contributed by atoms with van der Waals surface area (Å²) in [6, 6.07) is 15.3. The molecule has 1 aliphatic carbocycles. The molecule has 0 spiro atoms. The average Bonchev–Trinajstić information content (AvgIpc) is 3.50. The lowest BCUT2D eigenvalue weighted by Crippen LogP contribution is -2.37. The number of nitrogens with zero attached hydrogens (tertiary/aromatic N) is 4. The molecule has 0 saturated heterocycles. The maximum absolute atomic E-state index is 15.6. The molecule has 0 aliphatic heterocycles. The van der Waals surface area contributed by atoms with Gasteiger partial charge in [-0.2, -0.15) is 0 Å². The molecule has 2 N–H and O–H groups in total. The zero-order valence-corrected chi connectivity index (χ0v) is 21.3. The fourth-order valence-corrected chi connectivity index (χ4v) is 6.11. The second kappa shape index (κ2) is 9.57. The predicted molar refractivity (Wildman–Crippen MR) is 144 cm³/mol. The molecule has 0 radical (unpaired) electrons. The molecule has 5 aromatic rings. The monoisotopic (exact) mass is 515 g/mol. The quantitative estimate of drug-likeness (QED) is 0.287. The fraction of sp³-hybridized carbons (Fsp3) is 0.250. The topological polar surface area (TPSA) is 85.1 Å². The number of aliphatic hydroxyl groups is 1. The van der Waals surface area contributed by atoms with Gasteiger partial charge in [-0.15, -0.1) is 11.3 Å². The van der Waals surface area contributed by atoms with Gasteiger partial charge in [0.1, 0.15) is 10.6 Å². The van der Waals surface area contributed by atoms with Gasteiger partial charge in [-0.25, -0.2) is 19.3 Å². The lowest BCUT2D eigenvalue weighted by molar-refractivity contribution is 0.151. The van der Waals surface area contributed by atoms with Gasteiger partial charge in [0, 0.05) is 48.1 Å². The van der Waals surface area contributed by atoms with Crippen molar-refractivity contribution in [2.45, 2.75) is 18.9 Å². The molecule has 37 heavy (non-hydrogen) atoms. The normalized spacial score (nSPS) is 17.1. The van der Waals surface area contributed by atoms with Gasteiger partial charge in [0.25, 0.3) is 0 Å². The Morgan fingerprint density at radius 2 is 1.95 bits per heavy atom. The third-order valence-electron chi connectivity index (χ3n) is 6.90. The molecule has 188 valence electrons. The van der Waals surface area contributed by atoms with Gasteiger partial charge in [0.05, 0.1) is 12.5 Å². The summed E-state index contributed by atoms with van der Waals surface area (Å²) in [4.78, 5) is 15.8. The van der Waals surface area contributed by atoms with Crippen LogP contribution in [0.3, 0.4) is 0 Å². The Morgan fingerprint density at radius 1 is 1.14 bits per heavy atom. The summed E-state index contributed by atoms with van der Waals surface area (Å²) in [7, 11) is 3.37. The highest BCUT2D eigenvalue weighted by molar-refractivity contribution is 7.22. The number of halogens is 1. The lowest BCUT2D eigenvalue weighted by Gasteiger charge is -2.35. The summed E-state index contributed by atoms with van der Waals surface area (Å²) >= 11 is 1.43. The number of aromatic nitrogens is 4. The minimum Gasteiger partial charge on any atom is -0.494 e. The zero-order chi connectivity index (χ0) is 25.5. The van der Waals surface area contributed by atoms with E-state index in [9.17, 15) is 5.11 Å². The van der Waals surface area contributed by atoms with Crippen molar-refractivity contribution in [1.29, 1.82) is 0 Å². The number of nitrogens with one attached hydrogen (secondary N) is 1. The van der Waals surface area contributed by atoms with E-state index >= 15 is 4.39 Å². The maximum atomic E-state index is 15.6. The Bertz CT molecular complexity index is 1580. The van der Waals surface area contributed by atoms with Gasteiger partial charge in [-0.3, -0.25) is 0 Å². The molecule has 1 aliphatic rings. The van der Waals surface area contributed by atoms with Crippen LogP contribution in [0.2, 0.25) is 0 Å². The van der Waals surface area contributed by atoms with Crippen molar-refractivity contribution in [2.75, 3.05) is 19.0 Å². The van der Waals surface area contributed by atoms with E-state index in [4.69, 9.17) is 14.7 Å². The number of anilines is 1. The van der Waals surface area contributed by atoms with E-state index in [0.717, 1.165) is 39.1 Å². The maximum Gasteiger partial charge on any atom is 0.199 e. The Balaban J connectivity index is 1.63. The molecule has 0 bridgehead atoms. The summed E-state index contributed by atoms with van der Waals surface area (Å²) in [5.74, 6) is 1.91. The highest BCUT2D eigenvalue weighted by Gasteiger charge is 2.31. The van der Waals surface area contributed by atoms with Crippen LogP contribution < -0.4 is 10.1 Å². The summed E-state index contributed by atoms with van der Waals surface area (Å²) in [5.41, 5.74) is 2.28. The molecule has 0 amide bonds. The van der Waals surface area contributed by atoms with Crippen LogP contribution in [-0.4, -0.2) is 44.4 Å². The van der Waals surface area contributed by atoms with Crippen molar-refractivity contribution in [1.82, 2.24) is 19.5 Å². The van der Waals surface area contributed by atoms with Crippen LogP contribution in [-0.2, 0) is 7.05 Å². The number of benzene rings is 2. The molecule has 3 aromatic heterocycles. The first-order valence-corrected chi connectivity index (χ1v) is 13.0. The summed E-state index contributed by atoms with van der Waals surface area (Å²) < 4.78 is 22.8. The number of fused-ring (bicyclic) bond motifs is 1. The van der Waals surface area contributed by atoms with E-state index in [-0.39, 0.29) is 18.4 Å². The number of thiophene rings is 1. The minimum absolute atomic E-state index is 0.183. The van der Waals surface area contributed by atoms with Gasteiger partial charge < -0.3 is 19.7 Å². The van der Waals surface area contributed by atoms with Crippen molar-refractivity contribution in [3.63, 3.8) is 0 Å². The number of aryl methyl sites for hydroxylation is 1. The smallest absolute Gasteiger partial charge is 0.199 e. The van der Waals surface area contributed by atoms with E-state index in [1.807, 2.05) is 48.1 Å². The summed E-state index contributed by atoms with van der Waals surface area (Å²) in [6.45, 7) is 0.183. The van der Waals surface area contributed by atoms with Crippen LogP contribution >= 0.6 is 11.3 Å². The first kappa shape index (κ1) is 23.6. The van der Waals surface area contributed by atoms with E-state index in [1.54, 1.807) is 24.4 Å². The van der Waals surface area contributed by atoms with Crippen molar-refractivity contribution in [3.05, 3.63) is 66.7 Å². The second-order valence-electron chi connectivity index (χ2n) is 9.29. The summed E-state index contributed by atoms with van der Waals surface area (Å²) in [5, 5.41) is 14.0. The molecule has 7 nitrogen and oxygen atoms in total. The van der Waals surface area contributed by atoms with Gasteiger partial charge in [0.15, 0.2) is 23.2 Å². The van der Waals surface area contributed by atoms with Gasteiger partial charge >= 0.3 is 0 Å². The van der Waals surface area contributed by atoms with Crippen LogP contribution in [0.15, 0.2) is 60.9 Å². The standard InChI is InChI=1S/C28H26FN5O2S/c1-34-12-11-30-27(34)26-32-25(31-18-13-16(14-18)15-35)22-21(17-7-4-3-5-8-17)24(37-28(22)33-26)19-9-6-10-20(36-2)23(19)29/h3-12,16,18,35H,13-15H2,1-2H3,(H,31,32,33). The Kier molecular flexibility index (Phi) is 6.10. The highest BCUT2D eigenvalue weighted by Crippen LogP contribution is 2.48. The summed E-state index contributed by atoms with van der Waals surface area (Å²) in [6.07, 6.45) is 5.30. The minimum atomic E-state index is -0.412. The SMILES string of the molecule is COc1cccc(-c2sc3nc(-c4nccn4C)nc(NC4CC(CO)C4)c3c2-c2ccccc2)c1F. The van der Waals surface area contributed by atoms with Crippen LogP contribution in [0.25, 0.3) is 43.4 Å². The molecule has 3 heterocycles. The second-order valence-corrected chi connectivity index (χ2v) is 10.3. The molecule has 6 rings (SSSR count). The van der Waals surface area contributed by atoms with Crippen molar-refractivity contribution >= 4 is 27.4 Å². The number of hydrogen-bond acceptors (Lipinski definition) is 7. The molecular formula is C28H26FN5O2S. The first-order chi connectivity index (χ1) is 18.1. The van der Waals surface area contributed by atoms with Crippen LogP contribution in [0.5, 0.6) is 5.75 Å². The highest BCUT2D eigenvalue weighted by atomic mass is 32.1. The van der Waals surface area contributed by atoms with Crippen molar-refractivity contribution in [3.8, 4) is 39.0 Å². The van der Waals surface area contributed by atoms with E-state index in [2.05, 4.69) is 10.3 Å². The first-order valence-electron chi connectivity index (χ1n) is 12.1. The van der Waals surface area contributed by atoms with Crippen LogP contribution in [0.1, 0.15) is 12.8 Å². The molecule has 1 fully saturated rings. The Morgan fingerprint density at radius 3 is 2.65 bits per heavy atom. The zero-order valence-electron chi connectivity index (χ0n) is 20.5. The molecular weight excluding hydrogens is 489 g/mol. The average molecular weight is 516 g/mol. The van der Waals surface area contributed by atoms with E-state index in [0.29, 0.717) is 28.9 Å². The molecule has 0 unspecified atom stereocenters. The van der Waals surface area contributed by atoms with Crippen LogP contribution in [0.4, 0.5) is 10.2 Å². The fourth-order valence-electron chi connectivity index (χ4n) is 4.90.